The molecule has 12 heteroatoms. The van der Waals surface area contributed by atoms with Gasteiger partial charge in [0.05, 0.1) is 34.5 Å². The van der Waals surface area contributed by atoms with Crippen molar-refractivity contribution < 1.29 is 35.9 Å². The Morgan fingerprint density at radius 1 is 1.08 bits per heavy atom. The highest BCUT2D eigenvalue weighted by molar-refractivity contribution is 9.10. The van der Waals surface area contributed by atoms with Crippen LogP contribution in [0.15, 0.2) is 51.8 Å². The van der Waals surface area contributed by atoms with Crippen LogP contribution >= 0.6 is 15.9 Å². The van der Waals surface area contributed by atoms with Gasteiger partial charge < -0.3 is 14.4 Å². The molecule has 1 unspecified atom stereocenters. The first-order valence-electron chi connectivity index (χ1n) is 11.7. The fourth-order valence-corrected chi connectivity index (χ4v) is 5.72. The molecule has 0 saturated carbocycles. The van der Waals surface area contributed by atoms with E-state index in [-0.39, 0.29) is 19.3 Å². The minimum Gasteiger partial charge on any atom is -0.458 e. The number of anilines is 2. The molecule has 1 heterocycles. The summed E-state index contributed by atoms with van der Waals surface area (Å²) in [5.74, 6) is -0.456. The average molecular weight is 607 g/mol. The van der Waals surface area contributed by atoms with Gasteiger partial charge in [0, 0.05) is 17.6 Å². The van der Waals surface area contributed by atoms with Crippen LogP contribution in [0.25, 0.3) is 0 Å². The summed E-state index contributed by atoms with van der Waals surface area (Å²) in [7, 11) is -4.25. The van der Waals surface area contributed by atoms with Gasteiger partial charge in [0.15, 0.2) is 0 Å². The number of esters is 1. The summed E-state index contributed by atoms with van der Waals surface area (Å²) in [6, 6.07) is 8.92. The Hall–Kier alpha value is -2.31. The third-order valence-corrected chi connectivity index (χ3v) is 7.88. The van der Waals surface area contributed by atoms with E-state index in [2.05, 4.69) is 15.9 Å². The number of fused-ring (bicyclic) bond motifs is 1. The number of ether oxygens (including phenoxy) is 2. The second-order valence-electron chi connectivity index (χ2n) is 9.72. The summed E-state index contributed by atoms with van der Waals surface area (Å²) in [5.41, 5.74) is -0.637. The van der Waals surface area contributed by atoms with Gasteiger partial charge in [0.25, 0.3) is 10.0 Å². The summed E-state index contributed by atoms with van der Waals surface area (Å²) in [4.78, 5) is 13.5. The topological polar surface area (TPSA) is 76.2 Å². The van der Waals surface area contributed by atoms with Gasteiger partial charge in [-0.2, -0.15) is 13.2 Å². The Morgan fingerprint density at radius 3 is 2.43 bits per heavy atom. The van der Waals surface area contributed by atoms with E-state index in [1.807, 2.05) is 11.8 Å². The molecule has 37 heavy (non-hydrogen) atoms. The zero-order valence-corrected chi connectivity index (χ0v) is 23.4. The second-order valence-corrected chi connectivity index (χ2v) is 12.5. The Labute approximate surface area is 223 Å². The standard InChI is InChI=1S/C25H30BrF3N2O5S/c1-17(35-16-23(32)36-24(2,3)4)10-11-30-12-13-31(22-15-19(26)8-9-21(22)30)37(33,34)20-7-5-6-18(14-20)25(27,28)29/h5-9,14-15,17H,10-13,16H2,1-4H3. The van der Waals surface area contributed by atoms with Gasteiger partial charge in [-0.15, -0.1) is 0 Å². The highest BCUT2D eigenvalue weighted by atomic mass is 79.9. The first kappa shape index (κ1) is 29.2. The molecule has 0 fully saturated rings. The maximum atomic E-state index is 13.4. The van der Waals surface area contributed by atoms with Crippen molar-refractivity contribution >= 4 is 43.3 Å². The van der Waals surface area contributed by atoms with Crippen LogP contribution in [0.1, 0.15) is 39.7 Å². The predicted octanol–water partition coefficient (Wildman–Crippen LogP) is 5.62. The fourth-order valence-electron chi connectivity index (χ4n) is 3.86. The lowest BCUT2D eigenvalue weighted by atomic mass is 10.1. The van der Waals surface area contributed by atoms with Gasteiger partial charge in [0.1, 0.15) is 12.2 Å². The Balaban J connectivity index is 1.76. The maximum Gasteiger partial charge on any atom is 0.416 e. The van der Waals surface area contributed by atoms with Crippen LogP contribution in [0.2, 0.25) is 0 Å². The molecule has 0 saturated heterocycles. The highest BCUT2D eigenvalue weighted by Gasteiger charge is 2.35. The van der Waals surface area contributed by atoms with Crippen molar-refractivity contribution in [2.45, 2.75) is 56.9 Å². The number of hydrogen-bond donors (Lipinski definition) is 0. The third-order valence-electron chi connectivity index (χ3n) is 5.58. The van der Waals surface area contributed by atoms with Crippen molar-refractivity contribution in [1.82, 2.24) is 0 Å². The van der Waals surface area contributed by atoms with Crippen molar-refractivity contribution in [3.8, 4) is 0 Å². The van der Waals surface area contributed by atoms with Gasteiger partial charge in [-0.05, 0) is 70.5 Å². The van der Waals surface area contributed by atoms with Gasteiger partial charge in [0.2, 0.25) is 0 Å². The van der Waals surface area contributed by atoms with Crippen LogP contribution in [-0.2, 0) is 30.5 Å². The molecule has 1 aliphatic heterocycles. The number of rotatable bonds is 8. The van der Waals surface area contributed by atoms with E-state index >= 15 is 0 Å². The predicted molar refractivity (Wildman–Crippen MR) is 138 cm³/mol. The van der Waals surface area contributed by atoms with E-state index in [9.17, 15) is 26.4 Å². The minimum absolute atomic E-state index is 0.0508. The number of carbonyl (C=O) groups excluding carboxylic acids is 1. The number of hydrogen-bond acceptors (Lipinski definition) is 6. The lowest BCUT2D eigenvalue weighted by Crippen LogP contribution is -2.45. The smallest absolute Gasteiger partial charge is 0.416 e. The van der Waals surface area contributed by atoms with E-state index < -0.39 is 38.2 Å². The van der Waals surface area contributed by atoms with Crippen molar-refractivity contribution in [2.75, 3.05) is 35.4 Å². The molecule has 0 bridgehead atoms. The first-order valence-corrected chi connectivity index (χ1v) is 13.9. The molecule has 0 amide bonds. The van der Waals surface area contributed by atoms with Crippen LogP contribution in [0.4, 0.5) is 24.5 Å². The van der Waals surface area contributed by atoms with E-state index in [4.69, 9.17) is 9.47 Å². The second kappa shape index (κ2) is 11.2. The molecule has 0 spiro atoms. The van der Waals surface area contributed by atoms with E-state index in [0.29, 0.717) is 41.4 Å². The number of benzene rings is 2. The molecule has 0 radical (unpaired) electrons. The minimum atomic E-state index is -4.66. The van der Waals surface area contributed by atoms with E-state index in [0.717, 1.165) is 22.5 Å². The Kier molecular flexibility index (Phi) is 8.86. The summed E-state index contributed by atoms with van der Waals surface area (Å²) in [6.45, 7) is 7.87. The molecule has 3 rings (SSSR count). The number of carbonyl (C=O) groups is 1. The normalized spacial score (nSPS) is 15.4. The molecule has 7 nitrogen and oxygen atoms in total. The Morgan fingerprint density at radius 2 is 1.78 bits per heavy atom. The molecule has 0 N–H and O–H groups in total. The summed E-state index contributed by atoms with van der Waals surface area (Å²) in [6.07, 6.45) is -4.37. The zero-order valence-electron chi connectivity index (χ0n) is 21.0. The van der Waals surface area contributed by atoms with Crippen LogP contribution in [0.3, 0.4) is 0 Å². The van der Waals surface area contributed by atoms with E-state index in [1.54, 1.807) is 39.0 Å². The summed E-state index contributed by atoms with van der Waals surface area (Å²) in [5, 5.41) is 0. The van der Waals surface area contributed by atoms with Gasteiger partial charge >= 0.3 is 12.1 Å². The zero-order chi connectivity index (χ0) is 27.6. The van der Waals surface area contributed by atoms with Crippen molar-refractivity contribution in [3.05, 3.63) is 52.5 Å². The summed E-state index contributed by atoms with van der Waals surface area (Å²) >= 11 is 3.36. The quantitative estimate of drug-likeness (QED) is 0.363. The molecule has 204 valence electrons. The molecule has 1 atom stereocenters. The molecular formula is C25H30BrF3N2O5S. The number of nitrogens with zero attached hydrogens (tertiary/aromatic N) is 2. The summed E-state index contributed by atoms with van der Waals surface area (Å²) < 4.78 is 79.1. The maximum absolute atomic E-state index is 13.4. The highest BCUT2D eigenvalue weighted by Crippen LogP contribution is 2.39. The Bertz CT molecular complexity index is 1230. The number of alkyl halides is 3. The number of halogens is 4. The third kappa shape index (κ3) is 7.61. The van der Waals surface area contributed by atoms with Crippen molar-refractivity contribution in [1.29, 1.82) is 0 Å². The van der Waals surface area contributed by atoms with Gasteiger partial charge in [-0.3, -0.25) is 4.31 Å². The molecular weight excluding hydrogens is 577 g/mol. The largest absolute Gasteiger partial charge is 0.458 e. The SMILES string of the molecule is CC(CCN1CCN(S(=O)(=O)c2cccc(C(F)(F)F)c2)c2cc(Br)ccc21)OCC(=O)OC(C)(C)C. The molecule has 1 aliphatic rings. The average Bonchev–Trinajstić information content (AvgIpc) is 2.79. The van der Waals surface area contributed by atoms with Crippen molar-refractivity contribution in [2.24, 2.45) is 0 Å². The monoisotopic (exact) mass is 606 g/mol. The fraction of sp³-hybridized carbons (Fsp3) is 0.480. The lowest BCUT2D eigenvalue weighted by Gasteiger charge is -2.38. The number of sulfonamides is 1. The molecule has 0 aliphatic carbocycles. The van der Waals surface area contributed by atoms with Gasteiger partial charge in [-0.1, -0.05) is 22.0 Å². The van der Waals surface area contributed by atoms with Crippen LogP contribution < -0.4 is 9.21 Å². The first-order chi connectivity index (χ1) is 17.1. The lowest BCUT2D eigenvalue weighted by molar-refractivity contribution is -0.162. The van der Waals surface area contributed by atoms with Crippen LogP contribution in [0, 0.1) is 0 Å². The molecule has 0 aromatic heterocycles. The van der Waals surface area contributed by atoms with Gasteiger partial charge in [-0.25, -0.2) is 13.2 Å². The molecule has 2 aromatic rings. The van der Waals surface area contributed by atoms with Crippen LogP contribution in [-0.4, -0.2) is 52.3 Å². The van der Waals surface area contributed by atoms with E-state index in [1.165, 1.54) is 0 Å². The van der Waals surface area contributed by atoms with Crippen molar-refractivity contribution in [3.63, 3.8) is 0 Å². The van der Waals surface area contributed by atoms with Crippen LogP contribution in [0.5, 0.6) is 0 Å². The molecule has 2 aromatic carbocycles.